The van der Waals surface area contributed by atoms with Gasteiger partial charge < -0.3 is 14.8 Å². The number of methoxy groups -OCH3 is 2. The minimum Gasteiger partial charge on any atom is -0.493 e. The number of hydrogen-bond acceptors (Lipinski definition) is 5. The SMILES string of the molecule is COc1ccc([C@H](C)NC(=O)CN(c2ccc(C)cc2C)S(C)(=O)=O)cc1OC. The molecule has 0 aliphatic heterocycles. The van der Waals surface area contributed by atoms with Gasteiger partial charge in [0.05, 0.1) is 32.2 Å². The Morgan fingerprint density at radius 2 is 1.72 bits per heavy atom. The summed E-state index contributed by atoms with van der Waals surface area (Å²) in [6.07, 6.45) is 1.09. The quantitative estimate of drug-likeness (QED) is 0.710. The van der Waals surface area contributed by atoms with Gasteiger partial charge in [-0.2, -0.15) is 0 Å². The lowest BCUT2D eigenvalue weighted by molar-refractivity contribution is -0.120. The first-order valence-electron chi connectivity index (χ1n) is 9.13. The van der Waals surface area contributed by atoms with Crippen LogP contribution < -0.4 is 19.1 Å². The van der Waals surface area contributed by atoms with Crippen molar-refractivity contribution in [1.29, 1.82) is 0 Å². The second kappa shape index (κ2) is 9.17. The van der Waals surface area contributed by atoms with Crippen LogP contribution in [0.5, 0.6) is 11.5 Å². The summed E-state index contributed by atoms with van der Waals surface area (Å²) in [5, 5.41) is 2.85. The summed E-state index contributed by atoms with van der Waals surface area (Å²) in [6, 6.07) is 10.4. The summed E-state index contributed by atoms with van der Waals surface area (Å²) in [6.45, 7) is 5.27. The maximum absolute atomic E-state index is 12.6. The second-order valence-electron chi connectivity index (χ2n) is 6.96. The first-order valence-corrected chi connectivity index (χ1v) is 11.0. The van der Waals surface area contributed by atoms with Crippen LogP contribution in [0.2, 0.25) is 0 Å². The summed E-state index contributed by atoms with van der Waals surface area (Å²) in [5.41, 5.74) is 3.11. The molecular weight excluding hydrogens is 392 g/mol. The molecule has 1 amide bonds. The van der Waals surface area contributed by atoms with Crippen molar-refractivity contribution in [2.24, 2.45) is 0 Å². The number of carbonyl (C=O) groups is 1. The fraction of sp³-hybridized carbons (Fsp3) is 0.381. The van der Waals surface area contributed by atoms with Gasteiger partial charge in [-0.1, -0.05) is 23.8 Å². The number of carbonyl (C=O) groups excluding carboxylic acids is 1. The molecule has 8 heteroatoms. The summed E-state index contributed by atoms with van der Waals surface area (Å²) >= 11 is 0. The van der Waals surface area contributed by atoms with E-state index in [1.54, 1.807) is 32.4 Å². The molecule has 2 rings (SSSR count). The molecule has 2 aromatic carbocycles. The van der Waals surface area contributed by atoms with Gasteiger partial charge in [-0.15, -0.1) is 0 Å². The maximum Gasteiger partial charge on any atom is 0.241 e. The Morgan fingerprint density at radius 3 is 2.28 bits per heavy atom. The Bertz CT molecular complexity index is 989. The van der Waals surface area contributed by atoms with Gasteiger partial charge >= 0.3 is 0 Å². The molecule has 0 aromatic heterocycles. The second-order valence-corrected chi connectivity index (χ2v) is 8.87. The van der Waals surface area contributed by atoms with Crippen LogP contribution in [0, 0.1) is 13.8 Å². The Morgan fingerprint density at radius 1 is 1.07 bits per heavy atom. The molecule has 0 bridgehead atoms. The van der Waals surface area contributed by atoms with E-state index >= 15 is 0 Å². The fourth-order valence-corrected chi connectivity index (χ4v) is 4.00. The third kappa shape index (κ3) is 5.63. The first kappa shape index (κ1) is 22.5. The van der Waals surface area contributed by atoms with Gasteiger partial charge in [0, 0.05) is 0 Å². The van der Waals surface area contributed by atoms with E-state index in [1.165, 1.54) is 0 Å². The largest absolute Gasteiger partial charge is 0.493 e. The van der Waals surface area contributed by atoms with Crippen LogP contribution in [-0.4, -0.2) is 41.3 Å². The average Bonchev–Trinajstić information content (AvgIpc) is 2.65. The Labute approximate surface area is 172 Å². The molecule has 29 heavy (non-hydrogen) atoms. The van der Waals surface area contributed by atoms with Gasteiger partial charge in [-0.25, -0.2) is 8.42 Å². The van der Waals surface area contributed by atoms with Crippen molar-refractivity contribution in [3.8, 4) is 11.5 Å². The predicted octanol–water partition coefficient (Wildman–Crippen LogP) is 2.96. The molecular formula is C21H28N2O5S. The number of ether oxygens (including phenoxy) is 2. The van der Waals surface area contributed by atoms with E-state index in [0.717, 1.165) is 27.3 Å². The topological polar surface area (TPSA) is 84.9 Å². The molecule has 0 fully saturated rings. The zero-order valence-corrected chi connectivity index (χ0v) is 18.5. The van der Waals surface area contributed by atoms with Gasteiger partial charge in [0.25, 0.3) is 0 Å². The molecule has 2 aromatic rings. The molecule has 0 unspecified atom stereocenters. The highest BCUT2D eigenvalue weighted by molar-refractivity contribution is 7.92. The maximum atomic E-state index is 12.6. The van der Waals surface area contributed by atoms with Gasteiger partial charge in [-0.3, -0.25) is 9.10 Å². The van der Waals surface area contributed by atoms with Crippen LogP contribution in [0.3, 0.4) is 0 Å². The van der Waals surface area contributed by atoms with Crippen LogP contribution in [0.15, 0.2) is 36.4 Å². The standard InChI is InChI=1S/C21H28N2O5S/c1-14-7-9-18(15(2)11-14)23(29(6,25)26)13-21(24)22-16(3)17-8-10-19(27-4)20(12-17)28-5/h7-12,16H,13H2,1-6H3,(H,22,24)/t16-/m0/s1. The van der Waals surface area contributed by atoms with Crippen LogP contribution >= 0.6 is 0 Å². The molecule has 1 N–H and O–H groups in total. The zero-order valence-electron chi connectivity index (χ0n) is 17.6. The molecule has 0 saturated carbocycles. The highest BCUT2D eigenvalue weighted by Crippen LogP contribution is 2.30. The molecule has 0 spiro atoms. The third-order valence-electron chi connectivity index (χ3n) is 4.59. The van der Waals surface area contributed by atoms with Gasteiger partial charge in [0.2, 0.25) is 15.9 Å². The number of rotatable bonds is 8. The summed E-state index contributed by atoms with van der Waals surface area (Å²) in [7, 11) is -0.541. The lowest BCUT2D eigenvalue weighted by atomic mass is 10.1. The lowest BCUT2D eigenvalue weighted by Crippen LogP contribution is -2.41. The van der Waals surface area contributed by atoms with Crippen molar-refractivity contribution in [3.05, 3.63) is 53.1 Å². The number of hydrogen-bond donors (Lipinski definition) is 1. The van der Waals surface area contributed by atoms with Gasteiger partial charge in [0.15, 0.2) is 11.5 Å². The lowest BCUT2D eigenvalue weighted by Gasteiger charge is -2.25. The van der Waals surface area contributed by atoms with Crippen LogP contribution in [0.1, 0.15) is 29.7 Å². The predicted molar refractivity (Wildman–Crippen MR) is 114 cm³/mol. The van der Waals surface area contributed by atoms with E-state index in [1.807, 2.05) is 39.0 Å². The van der Waals surface area contributed by atoms with E-state index in [0.29, 0.717) is 17.2 Å². The molecule has 158 valence electrons. The van der Waals surface area contributed by atoms with Gasteiger partial charge in [0.1, 0.15) is 6.54 Å². The number of anilines is 1. The van der Waals surface area contributed by atoms with Crippen LogP contribution in [0.25, 0.3) is 0 Å². The summed E-state index contributed by atoms with van der Waals surface area (Å²) < 4.78 is 36.3. The average molecular weight is 421 g/mol. The van der Waals surface area contributed by atoms with E-state index in [2.05, 4.69) is 5.32 Å². The van der Waals surface area contributed by atoms with Crippen molar-refractivity contribution >= 4 is 21.6 Å². The Balaban J connectivity index is 2.20. The molecule has 0 saturated heterocycles. The zero-order chi connectivity index (χ0) is 21.8. The molecule has 0 aliphatic rings. The van der Waals surface area contributed by atoms with E-state index in [-0.39, 0.29) is 12.6 Å². The van der Waals surface area contributed by atoms with Gasteiger partial charge in [-0.05, 0) is 50.1 Å². The number of nitrogens with zero attached hydrogens (tertiary/aromatic N) is 1. The van der Waals surface area contributed by atoms with E-state index in [9.17, 15) is 13.2 Å². The fourth-order valence-electron chi connectivity index (χ4n) is 3.09. The third-order valence-corrected chi connectivity index (χ3v) is 5.72. The number of benzene rings is 2. The molecule has 1 atom stereocenters. The van der Waals surface area contributed by atoms with E-state index in [4.69, 9.17) is 9.47 Å². The number of sulfonamides is 1. The number of aryl methyl sites for hydroxylation is 2. The minimum absolute atomic E-state index is 0.305. The van der Waals surface area contributed by atoms with Crippen molar-refractivity contribution in [2.45, 2.75) is 26.8 Å². The molecule has 0 radical (unpaired) electrons. The normalized spacial score (nSPS) is 12.2. The van der Waals surface area contributed by atoms with Crippen LogP contribution in [-0.2, 0) is 14.8 Å². The molecule has 0 aliphatic carbocycles. The monoisotopic (exact) mass is 420 g/mol. The summed E-state index contributed by atoms with van der Waals surface area (Å²) in [5.74, 6) is 0.740. The summed E-state index contributed by atoms with van der Waals surface area (Å²) in [4.78, 5) is 12.6. The minimum atomic E-state index is -3.63. The Kier molecular flexibility index (Phi) is 7.13. The highest BCUT2D eigenvalue weighted by atomic mass is 32.2. The highest BCUT2D eigenvalue weighted by Gasteiger charge is 2.23. The molecule has 0 heterocycles. The molecule has 7 nitrogen and oxygen atoms in total. The smallest absolute Gasteiger partial charge is 0.241 e. The van der Waals surface area contributed by atoms with Crippen molar-refractivity contribution in [2.75, 3.05) is 31.3 Å². The first-order chi connectivity index (χ1) is 13.6. The van der Waals surface area contributed by atoms with Crippen molar-refractivity contribution in [1.82, 2.24) is 5.32 Å². The van der Waals surface area contributed by atoms with E-state index < -0.39 is 15.9 Å². The number of amides is 1. The van der Waals surface area contributed by atoms with Crippen molar-refractivity contribution < 1.29 is 22.7 Å². The van der Waals surface area contributed by atoms with Crippen LogP contribution in [0.4, 0.5) is 5.69 Å². The Hall–Kier alpha value is -2.74. The van der Waals surface area contributed by atoms with Crippen molar-refractivity contribution in [3.63, 3.8) is 0 Å². The number of nitrogens with one attached hydrogen (secondary N) is 1.